The molecule has 0 saturated heterocycles. The SMILES string of the molecule is O=C1CC(c2ccc(Cl)c(Cl)c2)Sc2nc(-c3ccccc3)nn21. The fourth-order valence-electron chi connectivity index (χ4n) is 2.56. The van der Waals surface area contributed by atoms with Crippen molar-refractivity contribution in [2.45, 2.75) is 16.8 Å². The van der Waals surface area contributed by atoms with Gasteiger partial charge >= 0.3 is 0 Å². The van der Waals surface area contributed by atoms with Crippen molar-refractivity contribution in [2.24, 2.45) is 0 Å². The van der Waals surface area contributed by atoms with Crippen molar-refractivity contribution in [1.29, 1.82) is 0 Å². The molecule has 4 rings (SSSR count). The monoisotopic (exact) mass is 375 g/mol. The van der Waals surface area contributed by atoms with E-state index in [0.29, 0.717) is 27.4 Å². The van der Waals surface area contributed by atoms with Crippen molar-refractivity contribution < 1.29 is 4.79 Å². The van der Waals surface area contributed by atoms with Crippen molar-refractivity contribution in [3.8, 4) is 11.4 Å². The van der Waals surface area contributed by atoms with Crippen LogP contribution in [-0.4, -0.2) is 20.7 Å². The van der Waals surface area contributed by atoms with Crippen LogP contribution >= 0.6 is 35.0 Å². The number of rotatable bonds is 2. The number of hydrogen-bond acceptors (Lipinski definition) is 4. The second-order valence-electron chi connectivity index (χ2n) is 5.37. The zero-order valence-corrected chi connectivity index (χ0v) is 14.6. The average molecular weight is 376 g/mol. The first kappa shape index (κ1) is 15.7. The molecule has 0 bridgehead atoms. The molecule has 3 aromatic rings. The molecule has 24 heavy (non-hydrogen) atoms. The quantitative estimate of drug-likeness (QED) is 0.622. The van der Waals surface area contributed by atoms with Gasteiger partial charge in [-0.3, -0.25) is 4.79 Å². The van der Waals surface area contributed by atoms with Crippen LogP contribution in [0.5, 0.6) is 0 Å². The maximum absolute atomic E-state index is 12.5. The van der Waals surface area contributed by atoms with Crippen LogP contribution in [0.1, 0.15) is 22.0 Å². The van der Waals surface area contributed by atoms with Crippen molar-refractivity contribution in [1.82, 2.24) is 14.8 Å². The minimum absolute atomic E-state index is 0.0485. The summed E-state index contributed by atoms with van der Waals surface area (Å²) in [5.74, 6) is 0.482. The molecule has 2 aromatic carbocycles. The van der Waals surface area contributed by atoms with Crippen LogP contribution in [0.15, 0.2) is 53.7 Å². The second kappa shape index (κ2) is 6.24. The predicted octanol–water partition coefficient (Wildman–Crippen LogP) is 5.13. The van der Waals surface area contributed by atoms with E-state index in [2.05, 4.69) is 10.1 Å². The molecular weight excluding hydrogens is 365 g/mol. The largest absolute Gasteiger partial charge is 0.272 e. The average Bonchev–Trinajstić information content (AvgIpc) is 3.03. The lowest BCUT2D eigenvalue weighted by Gasteiger charge is -2.20. The van der Waals surface area contributed by atoms with E-state index in [4.69, 9.17) is 23.2 Å². The van der Waals surface area contributed by atoms with Crippen molar-refractivity contribution in [2.75, 3.05) is 0 Å². The number of halogens is 2. The highest BCUT2D eigenvalue weighted by molar-refractivity contribution is 7.99. The Hall–Kier alpha value is -1.82. The van der Waals surface area contributed by atoms with Gasteiger partial charge in [-0.15, -0.1) is 5.10 Å². The molecule has 0 amide bonds. The van der Waals surface area contributed by atoms with Gasteiger partial charge in [0.2, 0.25) is 0 Å². The number of hydrogen-bond donors (Lipinski definition) is 0. The van der Waals surface area contributed by atoms with E-state index >= 15 is 0 Å². The highest BCUT2D eigenvalue weighted by Gasteiger charge is 2.30. The summed E-state index contributed by atoms with van der Waals surface area (Å²) < 4.78 is 1.39. The van der Waals surface area contributed by atoms with Gasteiger partial charge in [0.15, 0.2) is 11.0 Å². The third kappa shape index (κ3) is 2.83. The molecule has 1 aliphatic heterocycles. The highest BCUT2D eigenvalue weighted by atomic mass is 35.5. The van der Waals surface area contributed by atoms with Crippen LogP contribution < -0.4 is 0 Å². The van der Waals surface area contributed by atoms with E-state index in [1.807, 2.05) is 36.4 Å². The van der Waals surface area contributed by atoms with Gasteiger partial charge in [-0.2, -0.15) is 4.68 Å². The molecule has 0 saturated carbocycles. The highest BCUT2D eigenvalue weighted by Crippen LogP contribution is 2.42. The summed E-state index contributed by atoms with van der Waals surface area (Å²) in [5.41, 5.74) is 1.84. The number of nitrogens with zero attached hydrogens (tertiary/aromatic N) is 3. The molecule has 7 heteroatoms. The fraction of sp³-hybridized carbons (Fsp3) is 0.118. The van der Waals surface area contributed by atoms with Gasteiger partial charge in [-0.05, 0) is 17.7 Å². The second-order valence-corrected chi connectivity index (χ2v) is 7.36. The Kier molecular flexibility index (Phi) is 4.08. The lowest BCUT2D eigenvalue weighted by atomic mass is 10.1. The van der Waals surface area contributed by atoms with E-state index in [9.17, 15) is 4.79 Å². The van der Waals surface area contributed by atoms with Crippen LogP contribution in [-0.2, 0) is 0 Å². The van der Waals surface area contributed by atoms with Gasteiger partial charge in [0.05, 0.1) is 10.0 Å². The van der Waals surface area contributed by atoms with Crippen molar-refractivity contribution in [3.05, 3.63) is 64.1 Å². The van der Waals surface area contributed by atoms with Gasteiger partial charge in [0.1, 0.15) is 0 Å². The molecule has 1 atom stereocenters. The Labute approximate surface area is 152 Å². The van der Waals surface area contributed by atoms with Crippen molar-refractivity contribution >= 4 is 40.9 Å². The Balaban J connectivity index is 1.68. The van der Waals surface area contributed by atoms with Gasteiger partial charge in [0, 0.05) is 17.2 Å². The molecule has 1 unspecified atom stereocenters. The molecule has 0 aliphatic carbocycles. The summed E-state index contributed by atoms with van der Waals surface area (Å²) in [6, 6.07) is 15.1. The van der Waals surface area contributed by atoms with Crippen LogP contribution in [0.3, 0.4) is 0 Å². The standard InChI is InChI=1S/C17H11Cl2N3OS/c18-12-7-6-11(8-13(12)19)14-9-15(23)22-17(24-14)20-16(21-22)10-4-2-1-3-5-10/h1-8,14H,9H2. The minimum Gasteiger partial charge on any atom is -0.272 e. The summed E-state index contributed by atoms with van der Waals surface area (Å²) in [6.07, 6.45) is 0.340. The normalized spacial score (nSPS) is 16.9. The van der Waals surface area contributed by atoms with Gasteiger partial charge < -0.3 is 0 Å². The number of thioether (sulfide) groups is 1. The topological polar surface area (TPSA) is 47.8 Å². The molecule has 0 N–H and O–H groups in total. The number of carbonyl (C=O) groups is 1. The van der Waals surface area contributed by atoms with E-state index in [1.165, 1.54) is 16.4 Å². The molecule has 0 fully saturated rings. The van der Waals surface area contributed by atoms with E-state index in [-0.39, 0.29) is 11.2 Å². The minimum atomic E-state index is -0.0745. The molecule has 0 radical (unpaired) electrons. The molecule has 0 spiro atoms. The third-order valence-electron chi connectivity index (χ3n) is 3.77. The first-order valence-electron chi connectivity index (χ1n) is 7.29. The van der Waals surface area contributed by atoms with E-state index in [0.717, 1.165) is 11.1 Å². The van der Waals surface area contributed by atoms with Gasteiger partial charge in [0.25, 0.3) is 5.91 Å². The Morgan fingerprint density at radius 2 is 1.88 bits per heavy atom. The maximum atomic E-state index is 12.5. The van der Waals surface area contributed by atoms with Gasteiger partial charge in [-0.25, -0.2) is 4.98 Å². The Bertz CT molecular complexity index is 927. The zero-order valence-electron chi connectivity index (χ0n) is 12.3. The van der Waals surface area contributed by atoms with Crippen LogP contribution in [0.2, 0.25) is 10.0 Å². The van der Waals surface area contributed by atoms with Crippen LogP contribution in [0, 0.1) is 0 Å². The van der Waals surface area contributed by atoms with Crippen molar-refractivity contribution in [3.63, 3.8) is 0 Å². The lowest BCUT2D eigenvalue weighted by Crippen LogP contribution is -2.20. The molecule has 1 aromatic heterocycles. The molecular formula is C17H11Cl2N3OS. The number of fused-ring (bicyclic) bond motifs is 1. The Morgan fingerprint density at radius 1 is 1.08 bits per heavy atom. The summed E-state index contributed by atoms with van der Waals surface area (Å²) in [4.78, 5) is 17.0. The molecule has 2 heterocycles. The summed E-state index contributed by atoms with van der Waals surface area (Å²) in [6.45, 7) is 0. The van der Waals surface area contributed by atoms with Crippen LogP contribution in [0.4, 0.5) is 0 Å². The number of aromatic nitrogens is 3. The van der Waals surface area contributed by atoms with Gasteiger partial charge in [-0.1, -0.05) is 71.4 Å². The first-order chi connectivity index (χ1) is 11.6. The summed E-state index contributed by atoms with van der Waals surface area (Å²) in [7, 11) is 0. The summed E-state index contributed by atoms with van der Waals surface area (Å²) >= 11 is 13.6. The molecule has 1 aliphatic rings. The number of carbonyl (C=O) groups excluding carboxylic acids is 1. The first-order valence-corrected chi connectivity index (χ1v) is 8.92. The fourth-order valence-corrected chi connectivity index (χ4v) is 4.01. The Morgan fingerprint density at radius 3 is 2.62 bits per heavy atom. The smallest absolute Gasteiger partial charge is 0.250 e. The van der Waals surface area contributed by atoms with E-state index in [1.54, 1.807) is 12.1 Å². The summed E-state index contributed by atoms with van der Waals surface area (Å²) in [5, 5.41) is 5.89. The lowest BCUT2D eigenvalue weighted by molar-refractivity contribution is 0.0868. The number of benzene rings is 2. The van der Waals surface area contributed by atoms with E-state index < -0.39 is 0 Å². The molecule has 4 nitrogen and oxygen atoms in total. The predicted molar refractivity (Wildman–Crippen MR) is 95.8 cm³/mol. The zero-order chi connectivity index (χ0) is 16.7. The van der Waals surface area contributed by atoms with Crippen LogP contribution in [0.25, 0.3) is 11.4 Å². The molecule has 120 valence electrons. The maximum Gasteiger partial charge on any atom is 0.250 e. The third-order valence-corrected chi connectivity index (χ3v) is 5.71.